The number of alkyl halides is 3. The van der Waals surface area contributed by atoms with Crippen LogP contribution in [0.1, 0.15) is 45.8 Å². The van der Waals surface area contributed by atoms with Crippen LogP contribution in [0.25, 0.3) is 0 Å². The van der Waals surface area contributed by atoms with Crippen molar-refractivity contribution in [3.63, 3.8) is 0 Å². The van der Waals surface area contributed by atoms with E-state index in [0.29, 0.717) is 6.07 Å². The van der Waals surface area contributed by atoms with E-state index in [1.165, 1.54) is 17.9 Å². The number of aromatic carboxylic acids is 1. The molecule has 0 unspecified atom stereocenters. The van der Waals surface area contributed by atoms with E-state index in [1.54, 1.807) is 0 Å². The van der Waals surface area contributed by atoms with Crippen LogP contribution in [0.15, 0.2) is 12.1 Å². The van der Waals surface area contributed by atoms with E-state index in [0.717, 1.165) is 0 Å². The first-order valence-electron chi connectivity index (χ1n) is 7.04. The number of piperidine rings is 1. The summed E-state index contributed by atoms with van der Waals surface area (Å²) in [4.78, 5) is 23.1. The average Bonchev–Trinajstić information content (AvgIpc) is 2.45. The third-order valence-electron chi connectivity index (χ3n) is 4.14. The van der Waals surface area contributed by atoms with Gasteiger partial charge in [0.2, 0.25) is 0 Å². The first-order chi connectivity index (χ1) is 10.6. The predicted molar refractivity (Wildman–Crippen MR) is 74.7 cm³/mol. The molecule has 0 aliphatic carbocycles. The molecule has 0 aromatic heterocycles. The summed E-state index contributed by atoms with van der Waals surface area (Å²) in [7, 11) is 0. The Morgan fingerprint density at radius 3 is 2.17 bits per heavy atom. The molecular formula is C15H16F3NO4. The fourth-order valence-electron chi connectivity index (χ4n) is 2.93. The van der Waals surface area contributed by atoms with Gasteiger partial charge in [-0.15, -0.1) is 0 Å². The maximum atomic E-state index is 13.3. The Hall–Kier alpha value is -2.25. The number of benzene rings is 1. The lowest BCUT2D eigenvalue weighted by Gasteiger charge is -2.31. The van der Waals surface area contributed by atoms with E-state index in [9.17, 15) is 22.8 Å². The van der Waals surface area contributed by atoms with Crippen LogP contribution in [0.2, 0.25) is 0 Å². The highest BCUT2D eigenvalue weighted by molar-refractivity contribution is 5.89. The Morgan fingerprint density at radius 2 is 1.74 bits per heavy atom. The topological polar surface area (TPSA) is 77.8 Å². The smallest absolute Gasteiger partial charge is 0.416 e. The molecule has 1 aromatic carbocycles. The maximum absolute atomic E-state index is 13.3. The van der Waals surface area contributed by atoms with Crippen LogP contribution < -0.4 is 0 Å². The monoisotopic (exact) mass is 331 g/mol. The van der Waals surface area contributed by atoms with Gasteiger partial charge in [0, 0.05) is 13.1 Å². The summed E-state index contributed by atoms with van der Waals surface area (Å²) in [6.07, 6.45) is -5.18. The van der Waals surface area contributed by atoms with Crippen molar-refractivity contribution in [3.05, 3.63) is 34.4 Å². The van der Waals surface area contributed by atoms with Crippen molar-refractivity contribution in [1.29, 1.82) is 0 Å². The minimum Gasteiger partial charge on any atom is -0.478 e. The van der Waals surface area contributed by atoms with Crippen LogP contribution in [0.5, 0.6) is 0 Å². The second-order valence-electron chi connectivity index (χ2n) is 5.60. The number of amides is 1. The quantitative estimate of drug-likeness (QED) is 0.868. The molecule has 1 aliphatic heterocycles. The summed E-state index contributed by atoms with van der Waals surface area (Å²) in [5.41, 5.74) is -1.01. The highest BCUT2D eigenvalue weighted by Gasteiger charge is 2.37. The van der Waals surface area contributed by atoms with Gasteiger partial charge in [0.15, 0.2) is 0 Å². The predicted octanol–water partition coefficient (Wildman–Crippen LogP) is 3.57. The third-order valence-corrected chi connectivity index (χ3v) is 4.14. The number of carboxylic acids is 1. The molecule has 2 rings (SSSR count). The maximum Gasteiger partial charge on any atom is 0.416 e. The average molecular weight is 331 g/mol. The molecule has 0 spiro atoms. The van der Waals surface area contributed by atoms with E-state index in [4.69, 9.17) is 10.2 Å². The van der Waals surface area contributed by atoms with Crippen LogP contribution in [-0.2, 0) is 6.18 Å². The normalized spacial score (nSPS) is 16.4. The second-order valence-corrected chi connectivity index (χ2v) is 5.60. The van der Waals surface area contributed by atoms with Crippen LogP contribution >= 0.6 is 0 Å². The summed E-state index contributed by atoms with van der Waals surface area (Å²) >= 11 is 0. The van der Waals surface area contributed by atoms with E-state index in [1.807, 2.05) is 0 Å². The van der Waals surface area contributed by atoms with Crippen LogP contribution in [0.4, 0.5) is 18.0 Å². The number of nitrogens with zero attached hydrogens (tertiary/aromatic N) is 1. The van der Waals surface area contributed by atoms with Crippen LogP contribution in [0.3, 0.4) is 0 Å². The number of halogens is 3. The van der Waals surface area contributed by atoms with Crippen LogP contribution in [0, 0.1) is 6.92 Å². The van der Waals surface area contributed by atoms with Gasteiger partial charge in [-0.2, -0.15) is 13.2 Å². The Kier molecular flexibility index (Phi) is 4.53. The van der Waals surface area contributed by atoms with Gasteiger partial charge < -0.3 is 15.1 Å². The van der Waals surface area contributed by atoms with Gasteiger partial charge in [-0.3, -0.25) is 0 Å². The van der Waals surface area contributed by atoms with Gasteiger partial charge in [0.25, 0.3) is 0 Å². The van der Waals surface area contributed by atoms with Crippen molar-refractivity contribution >= 4 is 12.1 Å². The lowest BCUT2D eigenvalue weighted by molar-refractivity contribution is -0.138. The number of carboxylic acid groups (broad SMARTS) is 2. The molecule has 5 nitrogen and oxygen atoms in total. The SMILES string of the molecule is Cc1cc(C2CCN(C(=O)O)CC2)c(C(F)(F)F)cc1C(=O)O. The molecule has 0 radical (unpaired) electrons. The van der Waals surface area contributed by atoms with Gasteiger partial charge in [0.1, 0.15) is 0 Å². The molecule has 1 amide bonds. The highest BCUT2D eigenvalue weighted by atomic mass is 19.4. The largest absolute Gasteiger partial charge is 0.478 e. The van der Waals surface area contributed by atoms with Crippen molar-refractivity contribution in [1.82, 2.24) is 4.90 Å². The standard InChI is InChI=1S/C15H16F3NO4/c1-8-6-11(9-2-4-19(5-3-9)14(22)23)12(15(16,17)18)7-10(8)13(20)21/h6-7,9H,2-5H2,1H3,(H,20,21)(H,22,23). The molecule has 126 valence electrons. The lowest BCUT2D eigenvalue weighted by Crippen LogP contribution is -2.37. The fraction of sp³-hybridized carbons (Fsp3) is 0.467. The molecule has 1 aromatic rings. The van der Waals surface area contributed by atoms with E-state index in [2.05, 4.69) is 0 Å². The summed E-state index contributed by atoms with van der Waals surface area (Å²) in [6, 6.07) is 1.95. The van der Waals surface area contributed by atoms with Crippen molar-refractivity contribution in [2.75, 3.05) is 13.1 Å². The number of rotatable bonds is 2. The molecule has 1 fully saturated rings. The fourth-order valence-corrected chi connectivity index (χ4v) is 2.93. The number of carbonyl (C=O) groups is 2. The minimum absolute atomic E-state index is 0.0463. The zero-order valence-electron chi connectivity index (χ0n) is 12.4. The summed E-state index contributed by atoms with van der Waals surface area (Å²) in [5, 5.41) is 17.9. The molecule has 1 aliphatic rings. The third kappa shape index (κ3) is 3.57. The van der Waals surface area contributed by atoms with Crippen LogP contribution in [-0.4, -0.2) is 40.3 Å². The zero-order valence-corrected chi connectivity index (χ0v) is 12.4. The number of likely N-dealkylation sites (tertiary alicyclic amines) is 1. The van der Waals surface area contributed by atoms with Gasteiger partial charge in [-0.1, -0.05) is 6.07 Å². The Labute approximate surface area is 130 Å². The number of hydrogen-bond acceptors (Lipinski definition) is 2. The molecule has 1 heterocycles. The molecular weight excluding hydrogens is 315 g/mol. The number of hydrogen-bond donors (Lipinski definition) is 2. The Bertz CT molecular complexity index is 634. The van der Waals surface area contributed by atoms with Gasteiger partial charge >= 0.3 is 18.2 Å². The lowest BCUT2D eigenvalue weighted by atomic mass is 9.84. The number of aryl methyl sites for hydroxylation is 1. The van der Waals surface area contributed by atoms with Gasteiger partial charge in [0.05, 0.1) is 11.1 Å². The van der Waals surface area contributed by atoms with Crippen molar-refractivity contribution in [2.24, 2.45) is 0 Å². The van der Waals surface area contributed by atoms with Crippen molar-refractivity contribution in [2.45, 2.75) is 31.9 Å². The molecule has 23 heavy (non-hydrogen) atoms. The second kappa shape index (κ2) is 6.10. The van der Waals surface area contributed by atoms with E-state index in [-0.39, 0.29) is 42.6 Å². The first kappa shape index (κ1) is 17.1. The molecule has 0 atom stereocenters. The van der Waals surface area contributed by atoms with Crippen molar-refractivity contribution < 1.29 is 33.0 Å². The van der Waals surface area contributed by atoms with Crippen molar-refractivity contribution in [3.8, 4) is 0 Å². The molecule has 2 N–H and O–H groups in total. The summed E-state index contributed by atoms with van der Waals surface area (Å²) in [6.45, 7) is 1.79. The first-order valence-corrected chi connectivity index (χ1v) is 7.04. The summed E-state index contributed by atoms with van der Waals surface area (Å²) < 4.78 is 39.9. The minimum atomic E-state index is -4.66. The highest BCUT2D eigenvalue weighted by Crippen LogP contribution is 2.40. The van der Waals surface area contributed by atoms with Gasteiger partial charge in [-0.25, -0.2) is 9.59 Å². The molecule has 8 heteroatoms. The Morgan fingerprint density at radius 1 is 1.17 bits per heavy atom. The molecule has 1 saturated heterocycles. The molecule has 0 saturated carbocycles. The van der Waals surface area contributed by atoms with E-state index >= 15 is 0 Å². The zero-order chi connectivity index (χ0) is 17.4. The Balaban J connectivity index is 2.40. The van der Waals surface area contributed by atoms with Gasteiger partial charge in [-0.05, 0) is 42.9 Å². The summed E-state index contributed by atoms with van der Waals surface area (Å²) in [5.74, 6) is -1.84. The molecule has 0 bridgehead atoms. The van der Waals surface area contributed by atoms with E-state index < -0.39 is 29.7 Å².